The van der Waals surface area contributed by atoms with Gasteiger partial charge in [-0.15, -0.1) is 0 Å². The Labute approximate surface area is 166 Å². The van der Waals surface area contributed by atoms with Gasteiger partial charge < -0.3 is 9.26 Å². The number of hydrogen-bond acceptors (Lipinski definition) is 5. The van der Waals surface area contributed by atoms with Crippen LogP contribution in [0.3, 0.4) is 0 Å². The van der Waals surface area contributed by atoms with Crippen molar-refractivity contribution in [2.75, 3.05) is 0 Å². The van der Waals surface area contributed by atoms with Crippen LogP contribution in [0.1, 0.15) is 27.3 Å². The zero-order valence-corrected chi connectivity index (χ0v) is 15.9. The number of rotatable bonds is 5. The second-order valence-electron chi connectivity index (χ2n) is 6.60. The molecular formula is C22H18FN3O3. The first kappa shape index (κ1) is 18.6. The molecule has 6 nitrogen and oxygen atoms in total. The molecule has 4 aromatic rings. The third-order valence-corrected chi connectivity index (χ3v) is 4.65. The summed E-state index contributed by atoms with van der Waals surface area (Å²) >= 11 is 0. The van der Waals surface area contributed by atoms with Gasteiger partial charge in [0.15, 0.2) is 5.76 Å². The van der Waals surface area contributed by atoms with Crippen LogP contribution >= 0.6 is 0 Å². The summed E-state index contributed by atoms with van der Waals surface area (Å²) in [5.41, 5.74) is 4.26. The highest BCUT2D eigenvalue weighted by molar-refractivity contribution is 5.89. The number of aryl methyl sites for hydroxylation is 1. The van der Waals surface area contributed by atoms with Gasteiger partial charge in [0.1, 0.15) is 18.1 Å². The molecule has 0 aliphatic heterocycles. The summed E-state index contributed by atoms with van der Waals surface area (Å²) in [7, 11) is 0. The Morgan fingerprint density at radius 3 is 2.45 bits per heavy atom. The average molecular weight is 391 g/mol. The Hall–Kier alpha value is -3.74. The number of halogens is 1. The van der Waals surface area contributed by atoms with Gasteiger partial charge in [0.2, 0.25) is 0 Å². The third kappa shape index (κ3) is 3.80. The van der Waals surface area contributed by atoms with Crippen LogP contribution in [-0.2, 0) is 11.3 Å². The van der Waals surface area contributed by atoms with Gasteiger partial charge in [-0.05, 0) is 68.4 Å². The molecule has 7 heteroatoms. The van der Waals surface area contributed by atoms with Crippen LogP contribution in [0.2, 0.25) is 0 Å². The highest BCUT2D eigenvalue weighted by Gasteiger charge is 2.16. The van der Waals surface area contributed by atoms with Crippen molar-refractivity contribution in [1.82, 2.24) is 14.9 Å². The van der Waals surface area contributed by atoms with E-state index in [-0.39, 0.29) is 12.4 Å². The highest BCUT2D eigenvalue weighted by Crippen LogP contribution is 2.26. The lowest BCUT2D eigenvalue weighted by molar-refractivity contribution is 0.0464. The van der Waals surface area contributed by atoms with Gasteiger partial charge in [0.05, 0.1) is 11.3 Å². The molecule has 2 aromatic carbocycles. The number of nitrogens with zero attached hydrogens (tertiary/aromatic N) is 3. The largest absolute Gasteiger partial charge is 0.455 e. The molecule has 0 aliphatic rings. The van der Waals surface area contributed by atoms with Crippen molar-refractivity contribution >= 4 is 5.97 Å². The minimum absolute atomic E-state index is 0.0185. The van der Waals surface area contributed by atoms with Crippen LogP contribution in [0, 0.1) is 19.7 Å². The number of carbonyl (C=O) groups is 1. The number of aromatic nitrogens is 3. The summed E-state index contributed by atoms with van der Waals surface area (Å²) in [4.78, 5) is 12.4. The van der Waals surface area contributed by atoms with Gasteiger partial charge in [-0.2, -0.15) is 5.10 Å². The van der Waals surface area contributed by atoms with Crippen molar-refractivity contribution in [3.8, 4) is 17.0 Å². The lowest BCUT2D eigenvalue weighted by Crippen LogP contribution is -2.07. The SMILES string of the molecule is Cc1c(COC(=O)c2ccc(-n3nccc3C)cc2)noc1-c1ccc(F)cc1. The van der Waals surface area contributed by atoms with E-state index in [0.717, 1.165) is 16.9 Å². The Kier molecular flexibility index (Phi) is 4.95. The summed E-state index contributed by atoms with van der Waals surface area (Å²) in [6.07, 6.45) is 1.72. The molecule has 0 N–H and O–H groups in total. The molecule has 0 radical (unpaired) electrons. The van der Waals surface area contributed by atoms with Crippen LogP contribution < -0.4 is 0 Å². The fourth-order valence-electron chi connectivity index (χ4n) is 2.97. The predicted molar refractivity (Wildman–Crippen MR) is 104 cm³/mol. The van der Waals surface area contributed by atoms with Crippen molar-refractivity contribution < 1.29 is 18.4 Å². The molecular weight excluding hydrogens is 373 g/mol. The molecule has 4 rings (SSSR count). The summed E-state index contributed by atoms with van der Waals surface area (Å²) in [6.45, 7) is 3.75. The van der Waals surface area contributed by atoms with E-state index in [4.69, 9.17) is 9.26 Å². The van der Waals surface area contributed by atoms with E-state index < -0.39 is 5.97 Å². The zero-order valence-electron chi connectivity index (χ0n) is 15.9. The van der Waals surface area contributed by atoms with Gasteiger partial charge >= 0.3 is 5.97 Å². The summed E-state index contributed by atoms with van der Waals surface area (Å²) in [6, 6.07) is 14.8. The maximum Gasteiger partial charge on any atom is 0.338 e. The zero-order chi connectivity index (χ0) is 20.4. The summed E-state index contributed by atoms with van der Waals surface area (Å²) in [5, 5.41) is 8.22. The smallest absolute Gasteiger partial charge is 0.338 e. The van der Waals surface area contributed by atoms with E-state index in [2.05, 4.69) is 10.3 Å². The molecule has 0 atom stereocenters. The standard InChI is InChI=1S/C22H18FN3O3/c1-14-11-12-24-26(14)19-9-5-17(6-10-19)22(27)28-13-20-15(2)21(29-25-20)16-3-7-18(23)8-4-16/h3-12H,13H2,1-2H3. The molecule has 146 valence electrons. The molecule has 0 amide bonds. The van der Waals surface area contributed by atoms with Crippen LogP contribution in [0.5, 0.6) is 0 Å². The van der Waals surface area contributed by atoms with Crippen molar-refractivity contribution in [3.05, 3.63) is 89.1 Å². The first-order valence-electron chi connectivity index (χ1n) is 9.02. The Morgan fingerprint density at radius 2 is 1.79 bits per heavy atom. The second kappa shape index (κ2) is 7.71. The number of esters is 1. The number of hydrogen-bond donors (Lipinski definition) is 0. The second-order valence-corrected chi connectivity index (χ2v) is 6.60. The minimum atomic E-state index is -0.459. The van der Waals surface area contributed by atoms with Gasteiger partial charge in [0.25, 0.3) is 0 Å². The van der Waals surface area contributed by atoms with E-state index in [1.807, 2.05) is 32.0 Å². The third-order valence-electron chi connectivity index (χ3n) is 4.65. The normalized spacial score (nSPS) is 10.9. The monoisotopic (exact) mass is 391 g/mol. The van der Waals surface area contributed by atoms with E-state index in [1.165, 1.54) is 12.1 Å². The molecule has 0 unspecified atom stereocenters. The Balaban J connectivity index is 1.43. The predicted octanol–water partition coefficient (Wildman–Crippen LogP) is 4.64. The van der Waals surface area contributed by atoms with Crippen molar-refractivity contribution in [2.45, 2.75) is 20.5 Å². The Morgan fingerprint density at radius 1 is 1.07 bits per heavy atom. The molecule has 29 heavy (non-hydrogen) atoms. The van der Waals surface area contributed by atoms with E-state index in [0.29, 0.717) is 22.6 Å². The molecule has 0 fully saturated rings. The lowest BCUT2D eigenvalue weighted by atomic mass is 10.1. The maximum atomic E-state index is 13.1. The number of carbonyl (C=O) groups excluding carboxylic acids is 1. The first-order chi connectivity index (χ1) is 14.0. The van der Waals surface area contributed by atoms with Crippen LogP contribution in [0.15, 0.2) is 65.3 Å². The quantitative estimate of drug-likeness (QED) is 0.464. The van der Waals surface area contributed by atoms with Crippen molar-refractivity contribution in [3.63, 3.8) is 0 Å². The van der Waals surface area contributed by atoms with Crippen LogP contribution in [0.4, 0.5) is 4.39 Å². The fourth-order valence-corrected chi connectivity index (χ4v) is 2.97. The lowest BCUT2D eigenvalue weighted by Gasteiger charge is -2.06. The van der Waals surface area contributed by atoms with Crippen LogP contribution in [0.25, 0.3) is 17.0 Å². The van der Waals surface area contributed by atoms with Crippen LogP contribution in [-0.4, -0.2) is 20.9 Å². The van der Waals surface area contributed by atoms with Gasteiger partial charge in [0, 0.05) is 23.0 Å². The van der Waals surface area contributed by atoms with Gasteiger partial charge in [-0.1, -0.05) is 5.16 Å². The Bertz CT molecular complexity index is 1150. The molecule has 2 heterocycles. The fraction of sp³-hybridized carbons (Fsp3) is 0.136. The van der Waals surface area contributed by atoms with Crippen molar-refractivity contribution in [1.29, 1.82) is 0 Å². The minimum Gasteiger partial charge on any atom is -0.455 e. The van der Waals surface area contributed by atoms with Crippen molar-refractivity contribution in [2.24, 2.45) is 0 Å². The van der Waals surface area contributed by atoms with Gasteiger partial charge in [-0.3, -0.25) is 0 Å². The molecule has 2 aromatic heterocycles. The van der Waals surface area contributed by atoms with Gasteiger partial charge in [-0.25, -0.2) is 13.9 Å². The highest BCUT2D eigenvalue weighted by atomic mass is 19.1. The topological polar surface area (TPSA) is 70.2 Å². The van der Waals surface area contributed by atoms with E-state index in [9.17, 15) is 9.18 Å². The summed E-state index contributed by atoms with van der Waals surface area (Å²) < 4.78 is 25.6. The van der Waals surface area contributed by atoms with E-state index in [1.54, 1.807) is 35.1 Å². The molecule has 0 aliphatic carbocycles. The van der Waals surface area contributed by atoms with E-state index >= 15 is 0 Å². The summed E-state index contributed by atoms with van der Waals surface area (Å²) in [5.74, 6) is -0.261. The molecule has 0 saturated heterocycles. The molecule has 0 saturated carbocycles. The number of ether oxygens (including phenoxy) is 1. The number of benzene rings is 2. The average Bonchev–Trinajstić information content (AvgIpc) is 3.32. The first-order valence-corrected chi connectivity index (χ1v) is 9.02. The maximum absolute atomic E-state index is 13.1. The molecule has 0 bridgehead atoms. The molecule has 0 spiro atoms.